The van der Waals surface area contributed by atoms with E-state index < -0.39 is 0 Å². The molecule has 0 aliphatic carbocycles. The Morgan fingerprint density at radius 3 is 0.778 bits per heavy atom. The van der Waals surface area contributed by atoms with Gasteiger partial charge in [0.1, 0.15) is 11.6 Å². The highest BCUT2D eigenvalue weighted by atomic mass is 16.2. The summed E-state index contributed by atoms with van der Waals surface area (Å²) in [6.07, 6.45) is 0. The second-order valence-corrected chi connectivity index (χ2v) is 3.91. The molecule has 0 spiro atoms. The highest BCUT2D eigenvalue weighted by Crippen LogP contribution is 1.72. The van der Waals surface area contributed by atoms with Crippen LogP contribution in [0.5, 0.6) is 0 Å². The molecule has 0 aliphatic heterocycles. The van der Waals surface area contributed by atoms with Gasteiger partial charge in [0, 0.05) is 13.8 Å². The molecule has 2 atom stereocenters. The topological polar surface area (TPSA) is 120 Å². The molecular weight excluding hydrogens is 236 g/mol. The molecule has 18 heavy (non-hydrogen) atoms. The summed E-state index contributed by atoms with van der Waals surface area (Å²) in [4.78, 5) is 39.6. The SMILES string of the molecule is CC(=O)C(C)=O.CC(=O)C(C)N.CC(=O)[C@H](C)N. The van der Waals surface area contributed by atoms with Crippen molar-refractivity contribution in [2.75, 3.05) is 0 Å². The van der Waals surface area contributed by atoms with Crippen LogP contribution in [-0.2, 0) is 19.2 Å². The molecule has 4 N–H and O–H groups in total. The van der Waals surface area contributed by atoms with E-state index >= 15 is 0 Å². The normalized spacial score (nSPS) is 11.8. The van der Waals surface area contributed by atoms with Gasteiger partial charge in [0.15, 0.2) is 11.6 Å². The Balaban J connectivity index is -0.000000187. The molecule has 106 valence electrons. The fraction of sp³-hybridized carbons (Fsp3) is 0.667. The summed E-state index contributed by atoms with van der Waals surface area (Å²) in [6, 6.07) is -0.574. The van der Waals surface area contributed by atoms with E-state index in [4.69, 9.17) is 11.5 Å². The van der Waals surface area contributed by atoms with E-state index in [-0.39, 0.29) is 35.2 Å². The molecular formula is C12H24N2O4. The second-order valence-electron chi connectivity index (χ2n) is 3.91. The van der Waals surface area contributed by atoms with Crippen LogP contribution in [0.25, 0.3) is 0 Å². The predicted octanol–water partition coefficient (Wildman–Crippen LogP) is 0.00960. The first-order valence-corrected chi connectivity index (χ1v) is 5.47. The van der Waals surface area contributed by atoms with Crippen LogP contribution in [0, 0.1) is 0 Å². The lowest BCUT2D eigenvalue weighted by Gasteiger charge is -1.91. The Hall–Kier alpha value is -1.40. The molecule has 1 unspecified atom stereocenters. The van der Waals surface area contributed by atoms with Crippen molar-refractivity contribution >= 4 is 23.1 Å². The van der Waals surface area contributed by atoms with Crippen LogP contribution in [0.15, 0.2) is 0 Å². The van der Waals surface area contributed by atoms with Gasteiger partial charge in [0.25, 0.3) is 0 Å². The maximum atomic E-state index is 10.0. The largest absolute Gasteiger partial charge is 0.322 e. The first-order chi connectivity index (χ1) is 7.93. The first kappa shape index (κ1) is 21.8. The van der Waals surface area contributed by atoms with Gasteiger partial charge < -0.3 is 11.5 Å². The van der Waals surface area contributed by atoms with Crippen molar-refractivity contribution in [3.63, 3.8) is 0 Å². The summed E-state index contributed by atoms with van der Waals surface area (Å²) in [6.45, 7) is 8.80. The fourth-order valence-corrected chi connectivity index (χ4v) is 0. The number of ketones is 4. The van der Waals surface area contributed by atoms with E-state index in [1.54, 1.807) is 13.8 Å². The minimum atomic E-state index is -0.380. The third-order valence-electron chi connectivity index (χ3n) is 1.78. The quantitative estimate of drug-likeness (QED) is 0.689. The van der Waals surface area contributed by atoms with Crippen LogP contribution >= 0.6 is 0 Å². The summed E-state index contributed by atoms with van der Waals surface area (Å²) in [5.74, 6) is -0.685. The highest BCUT2D eigenvalue weighted by molar-refractivity contribution is 6.35. The molecule has 6 heteroatoms. The predicted molar refractivity (Wildman–Crippen MR) is 70.0 cm³/mol. The Morgan fingerprint density at radius 1 is 0.667 bits per heavy atom. The summed E-state index contributed by atoms with van der Waals surface area (Å²) in [7, 11) is 0. The number of carbonyl (C=O) groups is 4. The lowest BCUT2D eigenvalue weighted by molar-refractivity contribution is -0.134. The lowest BCUT2D eigenvalue weighted by atomic mass is 10.3. The van der Waals surface area contributed by atoms with E-state index in [9.17, 15) is 19.2 Å². The van der Waals surface area contributed by atoms with Crippen molar-refractivity contribution in [1.29, 1.82) is 0 Å². The van der Waals surface area contributed by atoms with Crippen LogP contribution in [0.4, 0.5) is 0 Å². The average molecular weight is 260 g/mol. The number of hydrogen-bond acceptors (Lipinski definition) is 6. The number of rotatable bonds is 3. The van der Waals surface area contributed by atoms with Crippen LogP contribution in [0.2, 0.25) is 0 Å². The summed E-state index contributed by atoms with van der Waals surface area (Å²) in [5.41, 5.74) is 10.2. The fourth-order valence-electron chi connectivity index (χ4n) is 0. The summed E-state index contributed by atoms with van der Waals surface area (Å²) in [5, 5.41) is 0. The van der Waals surface area contributed by atoms with E-state index in [1.807, 2.05) is 0 Å². The molecule has 0 saturated carbocycles. The van der Waals surface area contributed by atoms with Crippen LogP contribution in [0.3, 0.4) is 0 Å². The molecule has 0 heterocycles. The monoisotopic (exact) mass is 260 g/mol. The lowest BCUT2D eigenvalue weighted by Crippen LogP contribution is -2.23. The van der Waals surface area contributed by atoms with Crippen molar-refractivity contribution in [3.05, 3.63) is 0 Å². The smallest absolute Gasteiger partial charge is 0.195 e. The Labute approximate surface area is 108 Å². The number of Topliss-reactive ketones (excluding diaryl/α,β-unsaturated/α-hetero) is 4. The Bertz CT molecular complexity index is 266. The van der Waals surface area contributed by atoms with E-state index in [0.29, 0.717) is 0 Å². The first-order valence-electron chi connectivity index (χ1n) is 5.47. The maximum absolute atomic E-state index is 10.0. The van der Waals surface area contributed by atoms with Crippen molar-refractivity contribution in [2.45, 2.75) is 53.6 Å². The maximum Gasteiger partial charge on any atom is 0.195 e. The summed E-state index contributed by atoms with van der Waals surface area (Å²) < 4.78 is 0. The minimum Gasteiger partial charge on any atom is -0.322 e. The number of nitrogens with two attached hydrogens (primary N) is 2. The number of carbonyl (C=O) groups excluding carboxylic acids is 4. The van der Waals surface area contributed by atoms with Gasteiger partial charge in [-0.25, -0.2) is 0 Å². The average Bonchev–Trinajstić information content (AvgIpc) is 2.18. The molecule has 6 nitrogen and oxygen atoms in total. The highest BCUT2D eigenvalue weighted by Gasteiger charge is 1.96. The van der Waals surface area contributed by atoms with Gasteiger partial charge in [-0.05, 0) is 27.7 Å². The van der Waals surface area contributed by atoms with Gasteiger partial charge >= 0.3 is 0 Å². The van der Waals surface area contributed by atoms with Gasteiger partial charge in [0.2, 0.25) is 0 Å². The van der Waals surface area contributed by atoms with Gasteiger partial charge in [-0.15, -0.1) is 0 Å². The van der Waals surface area contributed by atoms with Crippen LogP contribution in [-0.4, -0.2) is 35.2 Å². The molecule has 0 rings (SSSR count). The van der Waals surface area contributed by atoms with Crippen molar-refractivity contribution in [3.8, 4) is 0 Å². The van der Waals surface area contributed by atoms with Crippen molar-refractivity contribution in [1.82, 2.24) is 0 Å². The van der Waals surface area contributed by atoms with E-state index in [2.05, 4.69) is 0 Å². The standard InChI is InChI=1S/2C4H9NO.C4H6O2/c3*1-3(5)4(2)6/h2*3H,5H2,1-2H3;1-2H3/t3-;;/m0../s1. The van der Waals surface area contributed by atoms with E-state index in [1.165, 1.54) is 27.7 Å². The molecule has 0 radical (unpaired) electrons. The third-order valence-corrected chi connectivity index (χ3v) is 1.78. The molecule has 0 amide bonds. The van der Waals surface area contributed by atoms with Gasteiger partial charge in [-0.3, -0.25) is 19.2 Å². The summed E-state index contributed by atoms with van der Waals surface area (Å²) >= 11 is 0. The Kier molecular flexibility index (Phi) is 14.6. The number of hydrogen-bond donors (Lipinski definition) is 2. The second kappa shape index (κ2) is 12.1. The molecule has 0 aromatic rings. The Morgan fingerprint density at radius 2 is 0.778 bits per heavy atom. The van der Waals surface area contributed by atoms with E-state index in [0.717, 1.165) is 0 Å². The zero-order valence-corrected chi connectivity index (χ0v) is 11.9. The molecule has 0 bridgehead atoms. The zero-order chi connectivity index (χ0) is 15.5. The zero-order valence-electron chi connectivity index (χ0n) is 11.9. The van der Waals surface area contributed by atoms with Crippen LogP contribution < -0.4 is 11.5 Å². The molecule has 0 aliphatic rings. The molecule has 0 aromatic carbocycles. The van der Waals surface area contributed by atoms with Crippen molar-refractivity contribution < 1.29 is 19.2 Å². The van der Waals surface area contributed by atoms with Gasteiger partial charge in [0.05, 0.1) is 12.1 Å². The molecule has 0 aromatic heterocycles. The van der Waals surface area contributed by atoms with Crippen LogP contribution in [0.1, 0.15) is 41.5 Å². The molecule has 0 fully saturated rings. The van der Waals surface area contributed by atoms with Gasteiger partial charge in [-0.2, -0.15) is 0 Å². The minimum absolute atomic E-state index is 0.0370. The van der Waals surface area contributed by atoms with Crippen molar-refractivity contribution in [2.24, 2.45) is 11.5 Å². The van der Waals surface area contributed by atoms with Gasteiger partial charge in [-0.1, -0.05) is 0 Å². The third kappa shape index (κ3) is 24.0. The molecule has 0 saturated heterocycles.